The lowest BCUT2D eigenvalue weighted by Gasteiger charge is -2.28. The van der Waals surface area contributed by atoms with Gasteiger partial charge in [-0.2, -0.15) is 4.98 Å². The Morgan fingerprint density at radius 3 is 2.29 bits per heavy atom. The van der Waals surface area contributed by atoms with Gasteiger partial charge in [0.25, 0.3) is 0 Å². The number of halogens is 1. The fourth-order valence-electron chi connectivity index (χ4n) is 3.91. The van der Waals surface area contributed by atoms with Gasteiger partial charge < -0.3 is 24.3 Å². The van der Waals surface area contributed by atoms with Crippen molar-refractivity contribution < 1.29 is 23.7 Å². The summed E-state index contributed by atoms with van der Waals surface area (Å²) in [4.78, 5) is 17.7. The Hall–Kier alpha value is -3.72. The molecule has 1 atom stereocenters. The monoisotopic (exact) mass is 484 g/mol. The van der Waals surface area contributed by atoms with Crippen LogP contribution in [-0.4, -0.2) is 48.7 Å². The molecule has 1 aliphatic rings. The smallest absolute Gasteiger partial charge is 0.338 e. The maximum absolute atomic E-state index is 13.1. The number of anilines is 1. The first-order valence-corrected chi connectivity index (χ1v) is 11.0. The number of hydrogen-bond acceptors (Lipinski definition) is 8. The van der Waals surface area contributed by atoms with E-state index in [0.717, 1.165) is 5.56 Å². The molecule has 1 aliphatic heterocycles. The van der Waals surface area contributed by atoms with Crippen LogP contribution in [0.1, 0.15) is 25.5 Å². The minimum atomic E-state index is -0.655. The summed E-state index contributed by atoms with van der Waals surface area (Å²) in [5.74, 6) is 1.86. The van der Waals surface area contributed by atoms with Crippen molar-refractivity contribution in [3.63, 3.8) is 0 Å². The molecule has 1 N–H and O–H groups in total. The molecule has 2 heterocycles. The van der Waals surface area contributed by atoms with E-state index in [1.54, 1.807) is 42.8 Å². The molecule has 0 amide bonds. The highest BCUT2D eigenvalue weighted by molar-refractivity contribution is 6.30. The van der Waals surface area contributed by atoms with E-state index in [9.17, 15) is 4.79 Å². The van der Waals surface area contributed by atoms with Gasteiger partial charge in [0.05, 0.1) is 33.5 Å². The average molecular weight is 485 g/mol. The summed E-state index contributed by atoms with van der Waals surface area (Å²) in [6, 6.07) is 10.1. The van der Waals surface area contributed by atoms with Crippen LogP contribution in [0, 0.1) is 0 Å². The predicted molar refractivity (Wildman–Crippen MR) is 128 cm³/mol. The zero-order valence-corrected chi connectivity index (χ0v) is 20.3. The van der Waals surface area contributed by atoms with Crippen LogP contribution >= 0.6 is 11.6 Å². The number of nitrogens with zero attached hydrogens (tertiary/aromatic N) is 3. The fourth-order valence-corrected chi connectivity index (χ4v) is 4.04. The molecule has 1 unspecified atom stereocenters. The third-order valence-corrected chi connectivity index (χ3v) is 5.71. The Morgan fingerprint density at radius 2 is 1.74 bits per heavy atom. The van der Waals surface area contributed by atoms with Gasteiger partial charge in [-0.3, -0.25) is 0 Å². The minimum Gasteiger partial charge on any atom is -0.493 e. The normalized spacial score (nSPS) is 14.8. The van der Waals surface area contributed by atoms with E-state index < -0.39 is 12.0 Å². The molecule has 178 valence electrons. The Morgan fingerprint density at radius 1 is 1.09 bits per heavy atom. The molecule has 0 bridgehead atoms. The molecular formula is C24H25ClN4O5. The molecule has 9 nitrogen and oxygen atoms in total. The number of ether oxygens (including phenoxy) is 4. The number of benzene rings is 2. The first-order chi connectivity index (χ1) is 16.4. The maximum Gasteiger partial charge on any atom is 0.338 e. The largest absolute Gasteiger partial charge is 0.493 e. The van der Waals surface area contributed by atoms with Gasteiger partial charge in [0.15, 0.2) is 17.3 Å². The molecule has 0 aliphatic carbocycles. The van der Waals surface area contributed by atoms with Gasteiger partial charge in [0.2, 0.25) is 11.7 Å². The number of fused-ring (bicyclic) bond motifs is 1. The van der Waals surface area contributed by atoms with Gasteiger partial charge in [-0.05, 0) is 55.8 Å². The number of esters is 1. The quantitative estimate of drug-likeness (QED) is 0.490. The van der Waals surface area contributed by atoms with Crippen LogP contribution in [-0.2, 0) is 9.53 Å². The van der Waals surface area contributed by atoms with Crippen molar-refractivity contribution in [1.29, 1.82) is 0 Å². The number of carbonyl (C=O) groups is 1. The van der Waals surface area contributed by atoms with Crippen molar-refractivity contribution >= 4 is 23.5 Å². The van der Waals surface area contributed by atoms with E-state index in [4.69, 9.17) is 35.6 Å². The zero-order chi connectivity index (χ0) is 24.4. The maximum atomic E-state index is 13.1. The van der Waals surface area contributed by atoms with E-state index in [1.165, 1.54) is 21.3 Å². The summed E-state index contributed by atoms with van der Waals surface area (Å²) in [7, 11) is 4.61. The lowest BCUT2D eigenvalue weighted by atomic mass is 9.95. The molecule has 34 heavy (non-hydrogen) atoms. The van der Waals surface area contributed by atoms with Gasteiger partial charge in [0.1, 0.15) is 6.04 Å². The van der Waals surface area contributed by atoms with Gasteiger partial charge in [-0.1, -0.05) is 11.6 Å². The molecule has 0 saturated carbocycles. The summed E-state index contributed by atoms with van der Waals surface area (Å²) in [5.41, 5.74) is 2.48. The molecule has 0 radical (unpaired) electrons. The van der Waals surface area contributed by atoms with Crippen LogP contribution < -0.4 is 19.5 Å². The summed E-state index contributed by atoms with van der Waals surface area (Å²) >= 11 is 6.04. The fraction of sp³-hybridized carbons (Fsp3) is 0.292. The third kappa shape index (κ3) is 4.14. The van der Waals surface area contributed by atoms with E-state index in [2.05, 4.69) is 10.3 Å². The van der Waals surface area contributed by atoms with Gasteiger partial charge in [-0.25, -0.2) is 9.48 Å². The Balaban J connectivity index is 1.92. The highest BCUT2D eigenvalue weighted by Gasteiger charge is 2.36. The second-order valence-corrected chi connectivity index (χ2v) is 7.89. The van der Waals surface area contributed by atoms with Crippen LogP contribution in [0.2, 0.25) is 5.02 Å². The molecule has 10 heteroatoms. The first kappa shape index (κ1) is 23.4. The molecule has 0 fully saturated rings. The van der Waals surface area contributed by atoms with E-state index in [-0.39, 0.29) is 6.61 Å². The number of nitrogens with one attached hydrogen (secondary N) is 1. The number of hydrogen-bond donors (Lipinski definition) is 1. The van der Waals surface area contributed by atoms with Crippen molar-refractivity contribution in [2.24, 2.45) is 0 Å². The second-order valence-electron chi connectivity index (χ2n) is 7.46. The van der Waals surface area contributed by atoms with Crippen LogP contribution in [0.15, 0.2) is 47.7 Å². The molecule has 1 aromatic heterocycles. The topological polar surface area (TPSA) is 96.7 Å². The van der Waals surface area contributed by atoms with Crippen molar-refractivity contribution in [3.05, 3.63) is 58.3 Å². The van der Waals surface area contributed by atoms with Crippen LogP contribution in [0.4, 0.5) is 5.95 Å². The molecule has 3 aromatic rings. The summed E-state index contributed by atoms with van der Waals surface area (Å²) < 4.78 is 23.6. The number of methoxy groups -OCH3 is 3. The summed E-state index contributed by atoms with van der Waals surface area (Å²) in [6.45, 7) is 3.80. The standard InChI is InChI=1S/C24H25ClN4O5/c1-6-34-23(30)19-13(2)26-24-27-22(14-7-9-16(25)10-8-14)28-29(24)20(19)15-11-17(31-3)21(33-5)18(12-15)32-4/h7-12,20H,6H2,1-5H3,(H,26,27,28). The molecule has 0 spiro atoms. The number of allylic oxidation sites excluding steroid dienone is 1. The van der Waals surface area contributed by atoms with Crippen LogP contribution in [0.5, 0.6) is 17.2 Å². The summed E-state index contributed by atoms with van der Waals surface area (Å²) in [6.07, 6.45) is 0. The number of rotatable bonds is 7. The van der Waals surface area contributed by atoms with E-state index in [0.29, 0.717) is 50.9 Å². The molecule has 4 rings (SSSR count). The number of carbonyl (C=O) groups excluding carboxylic acids is 1. The Labute approximate surface area is 202 Å². The molecular weight excluding hydrogens is 460 g/mol. The highest BCUT2D eigenvalue weighted by atomic mass is 35.5. The SMILES string of the molecule is CCOC(=O)C1=C(C)Nc2nc(-c3ccc(Cl)cc3)nn2C1c1cc(OC)c(OC)c(OC)c1. The molecule has 0 saturated heterocycles. The lowest BCUT2D eigenvalue weighted by Crippen LogP contribution is -2.29. The Bertz CT molecular complexity index is 1230. The van der Waals surface area contributed by atoms with Crippen molar-refractivity contribution in [2.45, 2.75) is 19.9 Å². The second kappa shape index (κ2) is 9.64. The van der Waals surface area contributed by atoms with E-state index >= 15 is 0 Å². The zero-order valence-electron chi connectivity index (χ0n) is 19.5. The minimum absolute atomic E-state index is 0.234. The van der Waals surface area contributed by atoms with E-state index in [1.807, 2.05) is 12.1 Å². The van der Waals surface area contributed by atoms with Crippen LogP contribution in [0.25, 0.3) is 11.4 Å². The van der Waals surface area contributed by atoms with Crippen molar-refractivity contribution in [3.8, 4) is 28.6 Å². The first-order valence-electron chi connectivity index (χ1n) is 10.6. The predicted octanol–water partition coefficient (Wildman–Crippen LogP) is 4.48. The van der Waals surface area contributed by atoms with Gasteiger partial charge in [0, 0.05) is 16.3 Å². The number of aromatic nitrogens is 3. The lowest BCUT2D eigenvalue weighted by molar-refractivity contribution is -0.139. The highest BCUT2D eigenvalue weighted by Crippen LogP contribution is 2.44. The van der Waals surface area contributed by atoms with Gasteiger partial charge >= 0.3 is 5.97 Å². The summed E-state index contributed by atoms with van der Waals surface area (Å²) in [5, 5.41) is 8.53. The van der Waals surface area contributed by atoms with Crippen LogP contribution in [0.3, 0.4) is 0 Å². The van der Waals surface area contributed by atoms with Crippen molar-refractivity contribution in [1.82, 2.24) is 14.8 Å². The van der Waals surface area contributed by atoms with Crippen molar-refractivity contribution in [2.75, 3.05) is 33.3 Å². The van der Waals surface area contributed by atoms with Gasteiger partial charge in [-0.15, -0.1) is 5.10 Å². The molecule has 2 aromatic carbocycles. The Kier molecular flexibility index (Phi) is 6.65. The average Bonchev–Trinajstić information content (AvgIpc) is 3.26. The third-order valence-electron chi connectivity index (χ3n) is 5.45.